The molecule has 1 saturated heterocycles. The summed E-state index contributed by atoms with van der Waals surface area (Å²) in [6.45, 7) is 8.26. The predicted octanol–water partition coefficient (Wildman–Crippen LogP) is 5.61. The third-order valence-corrected chi connectivity index (χ3v) is 8.26. The number of benzene rings is 1. The minimum atomic E-state index is -0.0752. The highest BCUT2D eigenvalue weighted by Crippen LogP contribution is 2.54. The van der Waals surface area contributed by atoms with Crippen molar-refractivity contribution in [1.82, 2.24) is 15.3 Å². The quantitative estimate of drug-likeness (QED) is 0.387. The second-order valence-corrected chi connectivity index (χ2v) is 11.2. The van der Waals surface area contributed by atoms with Crippen LogP contribution in [0.15, 0.2) is 36.7 Å². The van der Waals surface area contributed by atoms with Gasteiger partial charge in [0.25, 0.3) is 5.91 Å². The number of carbonyl (C=O) groups is 1. The number of aromatic amines is 1. The highest BCUT2D eigenvalue weighted by atomic mass is 35.5. The topological polar surface area (TPSA) is 88.3 Å². The summed E-state index contributed by atoms with van der Waals surface area (Å²) in [6.07, 6.45) is 6.36. The van der Waals surface area contributed by atoms with Crippen molar-refractivity contribution < 1.29 is 14.3 Å². The molecule has 1 amide bonds. The normalized spacial score (nSPS) is 20.9. The lowest BCUT2D eigenvalue weighted by atomic mass is 9.83. The van der Waals surface area contributed by atoms with Crippen LogP contribution in [-0.2, 0) is 16.6 Å². The number of nitrogens with zero attached hydrogens (tertiary/aromatic N) is 1. The summed E-state index contributed by atoms with van der Waals surface area (Å²) in [6, 6.07) is 7.75. The van der Waals surface area contributed by atoms with E-state index in [1.54, 1.807) is 12.4 Å². The Hall–Kier alpha value is -3.03. The molecule has 2 aromatic heterocycles. The molecule has 188 valence electrons. The largest absolute Gasteiger partial charge is 0.489 e. The van der Waals surface area contributed by atoms with Gasteiger partial charge in [0, 0.05) is 45.5 Å². The number of aromatic nitrogens is 2. The lowest BCUT2D eigenvalue weighted by Crippen LogP contribution is -2.50. The molecule has 0 radical (unpaired) electrons. The summed E-state index contributed by atoms with van der Waals surface area (Å²) < 4.78 is 12.0. The minimum absolute atomic E-state index is 0.0269. The Kier molecular flexibility index (Phi) is 5.54. The van der Waals surface area contributed by atoms with Gasteiger partial charge in [-0.2, -0.15) is 0 Å². The van der Waals surface area contributed by atoms with Crippen LogP contribution in [0.25, 0.3) is 11.3 Å². The molecule has 1 aliphatic carbocycles. The number of hydrogen-bond acceptors (Lipinski definition) is 5. The van der Waals surface area contributed by atoms with Gasteiger partial charge in [-0.05, 0) is 43.0 Å². The van der Waals surface area contributed by atoms with Gasteiger partial charge in [0.2, 0.25) is 0 Å². The van der Waals surface area contributed by atoms with E-state index in [-0.39, 0.29) is 22.8 Å². The summed E-state index contributed by atoms with van der Waals surface area (Å²) in [5.74, 6) is 0.575. The maximum absolute atomic E-state index is 13.2. The molecule has 1 unspecified atom stereocenters. The summed E-state index contributed by atoms with van der Waals surface area (Å²) in [4.78, 5) is 21.2. The van der Waals surface area contributed by atoms with Crippen molar-refractivity contribution in [2.24, 2.45) is 5.41 Å². The van der Waals surface area contributed by atoms with Crippen LogP contribution in [0.5, 0.6) is 5.75 Å². The smallest absolute Gasteiger partial charge is 0.255 e. The third kappa shape index (κ3) is 3.76. The van der Waals surface area contributed by atoms with Gasteiger partial charge in [-0.15, -0.1) is 0 Å². The summed E-state index contributed by atoms with van der Waals surface area (Å²) in [7, 11) is 0. The molecule has 1 spiro atoms. The number of rotatable bonds is 7. The number of H-pyrrole nitrogens is 1. The Morgan fingerprint density at radius 2 is 2.11 bits per heavy atom. The highest BCUT2D eigenvalue weighted by molar-refractivity contribution is 6.31. The third-order valence-electron chi connectivity index (χ3n) is 7.90. The first-order valence-corrected chi connectivity index (χ1v) is 13.0. The van der Waals surface area contributed by atoms with E-state index in [0.29, 0.717) is 29.5 Å². The fourth-order valence-corrected chi connectivity index (χ4v) is 5.61. The molecule has 6 rings (SSSR count). The van der Waals surface area contributed by atoms with Gasteiger partial charge in [0.05, 0.1) is 35.9 Å². The molecule has 3 aliphatic rings. The average molecular weight is 507 g/mol. The van der Waals surface area contributed by atoms with Gasteiger partial charge in [-0.3, -0.25) is 9.78 Å². The first-order valence-electron chi connectivity index (χ1n) is 12.6. The molecule has 7 nitrogen and oxygen atoms in total. The SMILES string of the molecule is CCc1c(Cl)cccc1Nc1c(-c2ccncc2OCC2OCC2(C)C)[nH]c2c1C(=O)NCC21CC1. The van der Waals surface area contributed by atoms with Gasteiger partial charge in [0.1, 0.15) is 12.4 Å². The molecular weight excluding hydrogens is 476 g/mol. The maximum atomic E-state index is 13.2. The van der Waals surface area contributed by atoms with E-state index in [1.165, 1.54) is 0 Å². The Bertz CT molecular complexity index is 1340. The van der Waals surface area contributed by atoms with E-state index in [2.05, 4.69) is 41.4 Å². The van der Waals surface area contributed by atoms with Gasteiger partial charge in [-0.1, -0.05) is 38.4 Å². The molecule has 1 aromatic carbocycles. The van der Waals surface area contributed by atoms with Crippen LogP contribution >= 0.6 is 11.6 Å². The van der Waals surface area contributed by atoms with Crippen LogP contribution in [0, 0.1) is 5.41 Å². The van der Waals surface area contributed by atoms with Gasteiger partial charge in [0.15, 0.2) is 0 Å². The Morgan fingerprint density at radius 1 is 1.28 bits per heavy atom. The molecule has 3 aromatic rings. The first kappa shape index (κ1) is 23.4. The number of nitrogens with one attached hydrogen (secondary N) is 3. The lowest BCUT2D eigenvalue weighted by Gasteiger charge is -2.43. The number of hydrogen-bond donors (Lipinski definition) is 3. The Labute approximate surface area is 215 Å². The van der Waals surface area contributed by atoms with Crippen LogP contribution in [0.4, 0.5) is 11.4 Å². The van der Waals surface area contributed by atoms with Crippen LogP contribution < -0.4 is 15.4 Å². The molecule has 2 fully saturated rings. The fraction of sp³-hybridized carbons (Fsp3) is 0.429. The van der Waals surface area contributed by atoms with Crippen molar-refractivity contribution in [3.05, 3.63) is 58.5 Å². The fourth-order valence-electron chi connectivity index (χ4n) is 5.30. The van der Waals surface area contributed by atoms with E-state index in [9.17, 15) is 4.79 Å². The van der Waals surface area contributed by atoms with Crippen molar-refractivity contribution in [2.45, 2.75) is 51.6 Å². The predicted molar refractivity (Wildman–Crippen MR) is 140 cm³/mol. The van der Waals surface area contributed by atoms with E-state index in [4.69, 9.17) is 21.1 Å². The Morgan fingerprint density at radius 3 is 2.81 bits per heavy atom. The zero-order chi connectivity index (χ0) is 25.1. The van der Waals surface area contributed by atoms with Gasteiger partial charge < -0.3 is 25.1 Å². The molecule has 36 heavy (non-hydrogen) atoms. The van der Waals surface area contributed by atoms with Crippen LogP contribution in [0.2, 0.25) is 5.02 Å². The second kappa shape index (κ2) is 8.53. The number of ether oxygens (including phenoxy) is 2. The molecule has 0 bridgehead atoms. The number of halogens is 1. The minimum Gasteiger partial charge on any atom is -0.489 e. The number of anilines is 2. The van der Waals surface area contributed by atoms with Crippen LogP contribution in [0.3, 0.4) is 0 Å². The number of carbonyl (C=O) groups excluding carboxylic acids is 1. The average Bonchev–Trinajstić information content (AvgIpc) is 3.54. The van der Waals surface area contributed by atoms with Crippen molar-refractivity contribution in [3.63, 3.8) is 0 Å². The molecular formula is C28H31ClN4O3. The van der Waals surface area contributed by atoms with Crippen molar-refractivity contribution in [3.8, 4) is 17.0 Å². The molecule has 3 N–H and O–H groups in total. The van der Waals surface area contributed by atoms with Crippen LogP contribution in [-0.4, -0.2) is 41.7 Å². The van der Waals surface area contributed by atoms with E-state index < -0.39 is 0 Å². The number of amides is 1. The van der Waals surface area contributed by atoms with Crippen molar-refractivity contribution in [2.75, 3.05) is 25.1 Å². The second-order valence-electron chi connectivity index (χ2n) is 10.8. The molecule has 1 saturated carbocycles. The van der Waals surface area contributed by atoms with E-state index >= 15 is 0 Å². The standard InChI is InChI=1S/C28H31ClN4O3/c1-4-16-18(29)6-5-7-19(16)32-24-22-25(28(9-10-28)14-31-26(22)34)33-23(24)17-8-11-30-12-20(17)35-13-21-27(2,3)15-36-21/h5-8,11-12,21,32-33H,4,9-10,13-15H2,1-3H3,(H,31,34). The maximum Gasteiger partial charge on any atom is 0.255 e. The van der Waals surface area contributed by atoms with E-state index in [0.717, 1.165) is 59.8 Å². The zero-order valence-corrected chi connectivity index (χ0v) is 21.6. The molecule has 8 heteroatoms. The van der Waals surface area contributed by atoms with Crippen LogP contribution in [0.1, 0.15) is 55.2 Å². The van der Waals surface area contributed by atoms with Gasteiger partial charge >= 0.3 is 0 Å². The highest BCUT2D eigenvalue weighted by Gasteiger charge is 2.52. The lowest BCUT2D eigenvalue weighted by molar-refractivity contribution is -0.180. The summed E-state index contributed by atoms with van der Waals surface area (Å²) >= 11 is 6.52. The molecule has 1 atom stereocenters. The monoisotopic (exact) mass is 506 g/mol. The van der Waals surface area contributed by atoms with Crippen molar-refractivity contribution >= 4 is 28.9 Å². The van der Waals surface area contributed by atoms with Gasteiger partial charge in [-0.25, -0.2) is 0 Å². The first-order chi connectivity index (χ1) is 17.3. The summed E-state index contributed by atoms with van der Waals surface area (Å²) in [5.41, 5.74) is 6.01. The number of pyridine rings is 1. The van der Waals surface area contributed by atoms with E-state index in [1.807, 2.05) is 24.3 Å². The van der Waals surface area contributed by atoms with Crippen molar-refractivity contribution in [1.29, 1.82) is 0 Å². The zero-order valence-electron chi connectivity index (χ0n) is 20.8. The molecule has 2 aliphatic heterocycles. The number of fused-ring (bicyclic) bond motifs is 2. The molecule has 4 heterocycles. The summed E-state index contributed by atoms with van der Waals surface area (Å²) in [5, 5.41) is 7.40. The Balaban J connectivity index is 1.46.